The van der Waals surface area contributed by atoms with Crippen molar-refractivity contribution in [2.24, 2.45) is 11.8 Å². The van der Waals surface area contributed by atoms with E-state index < -0.39 is 0 Å². The highest BCUT2D eigenvalue weighted by molar-refractivity contribution is 6.29. The van der Waals surface area contributed by atoms with Gasteiger partial charge in [-0.1, -0.05) is 18.5 Å². The Hall–Kier alpha value is -1.56. The van der Waals surface area contributed by atoms with Crippen LogP contribution in [0.4, 0.5) is 11.5 Å². The lowest BCUT2D eigenvalue weighted by molar-refractivity contribution is -0.149. The number of aromatic nitrogens is 2. The Morgan fingerprint density at radius 2 is 2.19 bits per heavy atom. The van der Waals surface area contributed by atoms with Gasteiger partial charge in [0.2, 0.25) is 0 Å². The van der Waals surface area contributed by atoms with Crippen LogP contribution in [0.2, 0.25) is 5.15 Å². The molecule has 1 saturated heterocycles. The molecule has 1 aliphatic rings. The number of nitrogens with two attached hydrogens (primary N) is 1. The van der Waals surface area contributed by atoms with Crippen LogP contribution in [0.5, 0.6) is 0 Å². The lowest BCUT2D eigenvalue weighted by atomic mass is 9.85. The quantitative estimate of drug-likeness (QED) is 0.858. The molecule has 1 aliphatic heterocycles. The zero-order valence-electron chi connectivity index (χ0n) is 12.4. The standard InChI is InChI=1S/C14H21ClN4O2/c1-3-21-14(20)9(2)10-4-6-19(7-5-10)11-8-12(15)17-18-13(11)16/h8-10H,3-7H2,1-2H3,(H2,16,18). The van der Waals surface area contributed by atoms with E-state index in [0.717, 1.165) is 31.6 Å². The van der Waals surface area contributed by atoms with Crippen molar-refractivity contribution < 1.29 is 9.53 Å². The van der Waals surface area contributed by atoms with Gasteiger partial charge < -0.3 is 15.4 Å². The van der Waals surface area contributed by atoms with Gasteiger partial charge in [0.15, 0.2) is 11.0 Å². The Bertz CT molecular complexity index is 504. The molecule has 1 fully saturated rings. The number of anilines is 2. The first-order chi connectivity index (χ1) is 10.0. The molecule has 6 nitrogen and oxygen atoms in total. The van der Waals surface area contributed by atoms with Crippen molar-refractivity contribution in [2.45, 2.75) is 26.7 Å². The third kappa shape index (κ3) is 3.75. The third-order valence-electron chi connectivity index (χ3n) is 4.02. The van der Waals surface area contributed by atoms with Crippen LogP contribution < -0.4 is 10.6 Å². The second kappa shape index (κ2) is 6.93. The summed E-state index contributed by atoms with van der Waals surface area (Å²) in [6, 6.07) is 1.74. The summed E-state index contributed by atoms with van der Waals surface area (Å²) in [6.45, 7) is 5.84. The highest BCUT2D eigenvalue weighted by atomic mass is 35.5. The molecule has 0 spiro atoms. The van der Waals surface area contributed by atoms with E-state index in [4.69, 9.17) is 22.1 Å². The molecule has 1 atom stereocenters. The minimum atomic E-state index is -0.107. The van der Waals surface area contributed by atoms with E-state index in [2.05, 4.69) is 15.1 Å². The molecule has 0 saturated carbocycles. The molecule has 1 aromatic heterocycles. The van der Waals surface area contributed by atoms with Crippen molar-refractivity contribution in [3.63, 3.8) is 0 Å². The number of carbonyl (C=O) groups is 1. The Labute approximate surface area is 129 Å². The Balaban J connectivity index is 1.97. The number of halogens is 1. The molecule has 116 valence electrons. The second-order valence-corrected chi connectivity index (χ2v) is 5.69. The number of hydrogen-bond donors (Lipinski definition) is 1. The number of piperidine rings is 1. The van der Waals surface area contributed by atoms with Gasteiger partial charge in [-0.2, -0.15) is 0 Å². The number of hydrogen-bond acceptors (Lipinski definition) is 6. The Morgan fingerprint density at radius 1 is 1.52 bits per heavy atom. The van der Waals surface area contributed by atoms with Crippen molar-refractivity contribution in [1.82, 2.24) is 10.2 Å². The molecule has 0 bridgehead atoms. The van der Waals surface area contributed by atoms with E-state index in [1.165, 1.54) is 0 Å². The predicted molar refractivity (Wildman–Crippen MR) is 82.2 cm³/mol. The van der Waals surface area contributed by atoms with Crippen molar-refractivity contribution in [2.75, 3.05) is 30.3 Å². The molecule has 0 aromatic carbocycles. The van der Waals surface area contributed by atoms with Crippen molar-refractivity contribution in [3.05, 3.63) is 11.2 Å². The average molecular weight is 313 g/mol. The second-order valence-electron chi connectivity index (χ2n) is 5.30. The predicted octanol–water partition coefficient (Wildman–Crippen LogP) is 2.13. The van der Waals surface area contributed by atoms with Gasteiger partial charge in [-0.3, -0.25) is 4.79 Å². The van der Waals surface area contributed by atoms with E-state index >= 15 is 0 Å². The maximum absolute atomic E-state index is 11.8. The molecule has 0 amide bonds. The molecule has 7 heteroatoms. The van der Waals surface area contributed by atoms with Crippen LogP contribution in [0.3, 0.4) is 0 Å². The highest BCUT2D eigenvalue weighted by Gasteiger charge is 2.29. The van der Waals surface area contributed by atoms with E-state index in [-0.39, 0.29) is 11.9 Å². The van der Waals surface area contributed by atoms with E-state index in [1.54, 1.807) is 6.07 Å². The fourth-order valence-electron chi connectivity index (χ4n) is 2.73. The number of nitrogen functional groups attached to an aromatic ring is 1. The Morgan fingerprint density at radius 3 is 2.81 bits per heavy atom. The summed E-state index contributed by atoms with van der Waals surface area (Å²) in [7, 11) is 0. The number of nitrogens with zero attached hydrogens (tertiary/aromatic N) is 3. The van der Waals surface area contributed by atoms with Gasteiger partial charge in [-0.05, 0) is 25.7 Å². The van der Waals surface area contributed by atoms with E-state index in [0.29, 0.717) is 23.5 Å². The third-order valence-corrected chi connectivity index (χ3v) is 4.20. The first kappa shape index (κ1) is 15.8. The van der Waals surface area contributed by atoms with Crippen molar-refractivity contribution in [3.8, 4) is 0 Å². The maximum Gasteiger partial charge on any atom is 0.308 e. The zero-order valence-corrected chi connectivity index (χ0v) is 13.1. The summed E-state index contributed by atoms with van der Waals surface area (Å²) in [5.41, 5.74) is 6.67. The van der Waals surface area contributed by atoms with Gasteiger partial charge in [0.1, 0.15) is 0 Å². The zero-order chi connectivity index (χ0) is 15.4. The van der Waals surface area contributed by atoms with Gasteiger partial charge in [-0.25, -0.2) is 0 Å². The van der Waals surface area contributed by atoms with E-state index in [1.807, 2.05) is 13.8 Å². The lowest BCUT2D eigenvalue weighted by Crippen LogP contribution is -2.38. The summed E-state index contributed by atoms with van der Waals surface area (Å²) in [6.07, 6.45) is 1.83. The normalized spacial score (nSPS) is 17.6. The minimum absolute atomic E-state index is 0.0661. The number of ether oxygens (including phenoxy) is 1. The summed E-state index contributed by atoms with van der Waals surface area (Å²) < 4.78 is 5.09. The first-order valence-electron chi connectivity index (χ1n) is 7.23. The molecule has 2 heterocycles. The molecule has 0 aliphatic carbocycles. The molecule has 0 radical (unpaired) electrons. The topological polar surface area (TPSA) is 81.3 Å². The monoisotopic (exact) mass is 312 g/mol. The fraction of sp³-hybridized carbons (Fsp3) is 0.643. The average Bonchev–Trinajstić information content (AvgIpc) is 2.49. The number of rotatable bonds is 4. The number of carbonyl (C=O) groups excluding carboxylic acids is 1. The van der Waals surface area contributed by atoms with Crippen molar-refractivity contribution >= 4 is 29.1 Å². The first-order valence-corrected chi connectivity index (χ1v) is 7.61. The summed E-state index contributed by atoms with van der Waals surface area (Å²) in [5, 5.41) is 7.90. The molecule has 1 unspecified atom stereocenters. The molecular formula is C14H21ClN4O2. The molecular weight excluding hydrogens is 292 g/mol. The van der Waals surface area contributed by atoms with Gasteiger partial charge in [0.05, 0.1) is 18.2 Å². The van der Waals surface area contributed by atoms with Gasteiger partial charge in [-0.15, -0.1) is 10.2 Å². The van der Waals surface area contributed by atoms with Crippen LogP contribution in [0, 0.1) is 11.8 Å². The summed E-state index contributed by atoms with van der Waals surface area (Å²) in [5.74, 6) is 0.552. The van der Waals surface area contributed by atoms with Crippen molar-refractivity contribution in [1.29, 1.82) is 0 Å². The Kier molecular flexibility index (Phi) is 5.22. The fourth-order valence-corrected chi connectivity index (χ4v) is 2.87. The lowest BCUT2D eigenvalue weighted by Gasteiger charge is -2.35. The van der Waals surface area contributed by atoms with Crippen LogP contribution in [0.15, 0.2) is 6.07 Å². The molecule has 2 N–H and O–H groups in total. The van der Waals surface area contributed by atoms with Crippen LogP contribution in [0.25, 0.3) is 0 Å². The minimum Gasteiger partial charge on any atom is -0.466 e. The van der Waals surface area contributed by atoms with Gasteiger partial charge in [0.25, 0.3) is 0 Å². The molecule has 2 rings (SSSR count). The smallest absolute Gasteiger partial charge is 0.308 e. The molecule has 1 aromatic rings. The van der Waals surface area contributed by atoms with Crippen LogP contribution in [-0.4, -0.2) is 35.9 Å². The SMILES string of the molecule is CCOC(=O)C(C)C1CCN(c2cc(Cl)nnc2N)CC1. The maximum atomic E-state index is 11.8. The van der Waals surface area contributed by atoms with Crippen LogP contribution in [0.1, 0.15) is 26.7 Å². The molecule has 21 heavy (non-hydrogen) atoms. The summed E-state index contributed by atoms with van der Waals surface area (Å²) in [4.78, 5) is 13.9. The largest absolute Gasteiger partial charge is 0.466 e. The number of esters is 1. The van der Waals surface area contributed by atoms with Gasteiger partial charge in [0, 0.05) is 19.2 Å². The van der Waals surface area contributed by atoms with Crippen LogP contribution in [-0.2, 0) is 9.53 Å². The van der Waals surface area contributed by atoms with Crippen LogP contribution >= 0.6 is 11.6 Å². The van der Waals surface area contributed by atoms with E-state index in [9.17, 15) is 4.79 Å². The summed E-state index contributed by atoms with van der Waals surface area (Å²) >= 11 is 5.87. The highest BCUT2D eigenvalue weighted by Crippen LogP contribution is 2.31. The van der Waals surface area contributed by atoms with Gasteiger partial charge >= 0.3 is 5.97 Å².